The van der Waals surface area contributed by atoms with Crippen molar-refractivity contribution in [2.45, 2.75) is 32.9 Å². The molecule has 0 bridgehead atoms. The molecule has 0 aliphatic heterocycles. The molecule has 0 aliphatic rings. The molecule has 0 fully saturated rings. The Labute approximate surface area is 66.0 Å². The molecule has 3 heteroatoms. The van der Waals surface area contributed by atoms with E-state index in [-0.39, 0.29) is 5.25 Å². The van der Waals surface area contributed by atoms with Crippen LogP contribution in [0.2, 0.25) is 0 Å². The fourth-order valence-electron chi connectivity index (χ4n) is 0.415. The highest BCUT2D eigenvalue weighted by molar-refractivity contribution is 7.83. The van der Waals surface area contributed by atoms with Crippen molar-refractivity contribution < 1.29 is 4.21 Å². The zero-order chi connectivity index (χ0) is 8.15. The Morgan fingerprint density at radius 3 is 2.10 bits per heavy atom. The summed E-state index contributed by atoms with van der Waals surface area (Å²) in [5.74, 6) is 0.572. The fraction of sp³-hybridized carbons (Fsp3) is 1.00. The summed E-state index contributed by atoms with van der Waals surface area (Å²) in [6.45, 7) is 8.94. The van der Waals surface area contributed by atoms with E-state index in [0.717, 1.165) is 6.54 Å². The van der Waals surface area contributed by atoms with Crippen LogP contribution in [-0.4, -0.2) is 16.0 Å². The first-order chi connectivity index (χ1) is 4.54. The minimum atomic E-state index is -0.842. The van der Waals surface area contributed by atoms with E-state index in [9.17, 15) is 4.21 Å². The molecular formula is C7H17NOS. The van der Waals surface area contributed by atoms with Crippen LogP contribution in [0.3, 0.4) is 0 Å². The number of rotatable bonds is 4. The Morgan fingerprint density at radius 2 is 1.80 bits per heavy atom. The summed E-state index contributed by atoms with van der Waals surface area (Å²) in [5.41, 5.74) is 0. The first-order valence-corrected chi connectivity index (χ1v) is 4.89. The molecular weight excluding hydrogens is 146 g/mol. The molecule has 0 aliphatic carbocycles. The van der Waals surface area contributed by atoms with E-state index in [1.54, 1.807) is 0 Å². The Bertz CT molecular complexity index is 112. The van der Waals surface area contributed by atoms with Gasteiger partial charge in [0.05, 0.1) is 11.0 Å². The molecule has 0 saturated carbocycles. The second kappa shape index (κ2) is 4.85. The Hall–Kier alpha value is 0.110. The topological polar surface area (TPSA) is 29.1 Å². The van der Waals surface area contributed by atoms with Gasteiger partial charge in [-0.2, -0.15) is 0 Å². The van der Waals surface area contributed by atoms with E-state index in [2.05, 4.69) is 18.6 Å². The minimum Gasteiger partial charge on any atom is -0.243 e. The van der Waals surface area contributed by atoms with Crippen LogP contribution in [0.5, 0.6) is 0 Å². The molecule has 0 radical (unpaired) electrons. The molecule has 0 rings (SSSR count). The van der Waals surface area contributed by atoms with Gasteiger partial charge in [0.15, 0.2) is 0 Å². The standard InChI is InChI=1S/C7H17NOS/c1-6(2)5-8-10(9)7(3)4/h6-8H,5H2,1-4H3. The highest BCUT2D eigenvalue weighted by Gasteiger charge is 2.03. The molecule has 1 unspecified atom stereocenters. The van der Waals surface area contributed by atoms with E-state index in [1.165, 1.54) is 0 Å². The molecule has 62 valence electrons. The van der Waals surface area contributed by atoms with E-state index < -0.39 is 11.0 Å². The van der Waals surface area contributed by atoms with Crippen molar-refractivity contribution in [3.8, 4) is 0 Å². The molecule has 0 aromatic rings. The monoisotopic (exact) mass is 163 g/mol. The van der Waals surface area contributed by atoms with Crippen molar-refractivity contribution in [2.75, 3.05) is 6.54 Å². The van der Waals surface area contributed by atoms with Crippen LogP contribution in [0.15, 0.2) is 0 Å². The van der Waals surface area contributed by atoms with Crippen LogP contribution in [0.4, 0.5) is 0 Å². The summed E-state index contributed by atoms with van der Waals surface area (Å²) in [5, 5.41) is 0.221. The first kappa shape index (κ1) is 10.1. The van der Waals surface area contributed by atoms with Crippen LogP contribution >= 0.6 is 0 Å². The number of hydrogen-bond donors (Lipinski definition) is 1. The third-order valence-corrected chi connectivity index (χ3v) is 2.37. The van der Waals surface area contributed by atoms with Gasteiger partial charge >= 0.3 is 0 Å². The minimum absolute atomic E-state index is 0.221. The van der Waals surface area contributed by atoms with Crippen LogP contribution in [0.1, 0.15) is 27.7 Å². The smallest absolute Gasteiger partial charge is 0.0941 e. The molecule has 0 aromatic carbocycles. The summed E-state index contributed by atoms with van der Waals surface area (Å²) in [4.78, 5) is 0. The third-order valence-electron chi connectivity index (χ3n) is 1.06. The second-order valence-electron chi connectivity index (χ2n) is 3.09. The molecule has 2 nitrogen and oxygen atoms in total. The maximum absolute atomic E-state index is 11.0. The maximum atomic E-state index is 11.0. The zero-order valence-electron chi connectivity index (χ0n) is 7.18. The van der Waals surface area contributed by atoms with Gasteiger partial charge in [0.25, 0.3) is 0 Å². The van der Waals surface area contributed by atoms with Crippen LogP contribution in [0.25, 0.3) is 0 Å². The predicted octanol–water partition coefficient (Wildman–Crippen LogP) is 1.30. The SMILES string of the molecule is CC(C)CNS(=O)C(C)C. The van der Waals surface area contributed by atoms with Crippen molar-refractivity contribution in [3.63, 3.8) is 0 Å². The molecule has 1 N–H and O–H groups in total. The fourth-order valence-corrected chi connectivity index (χ4v) is 1.25. The van der Waals surface area contributed by atoms with E-state index >= 15 is 0 Å². The summed E-state index contributed by atoms with van der Waals surface area (Å²) in [7, 11) is -0.842. The van der Waals surface area contributed by atoms with Gasteiger partial charge in [-0.3, -0.25) is 0 Å². The lowest BCUT2D eigenvalue weighted by Gasteiger charge is -2.08. The average molecular weight is 163 g/mol. The lowest BCUT2D eigenvalue weighted by molar-refractivity contribution is 0.612. The van der Waals surface area contributed by atoms with Crippen molar-refractivity contribution in [2.24, 2.45) is 5.92 Å². The normalized spacial score (nSPS) is 14.6. The van der Waals surface area contributed by atoms with Gasteiger partial charge in [-0.1, -0.05) is 13.8 Å². The molecule has 10 heavy (non-hydrogen) atoms. The molecule has 0 heterocycles. The maximum Gasteiger partial charge on any atom is 0.0941 e. The number of nitrogens with one attached hydrogen (secondary N) is 1. The molecule has 1 atom stereocenters. The Kier molecular flexibility index (Phi) is 4.91. The van der Waals surface area contributed by atoms with Crippen LogP contribution in [-0.2, 0) is 11.0 Å². The third kappa shape index (κ3) is 4.94. The van der Waals surface area contributed by atoms with Gasteiger partial charge in [-0.25, -0.2) is 8.93 Å². The van der Waals surface area contributed by atoms with Gasteiger partial charge in [0, 0.05) is 11.8 Å². The van der Waals surface area contributed by atoms with Gasteiger partial charge in [-0.15, -0.1) is 0 Å². The van der Waals surface area contributed by atoms with Crippen molar-refractivity contribution >= 4 is 11.0 Å². The highest BCUT2D eigenvalue weighted by Crippen LogP contribution is 1.92. The van der Waals surface area contributed by atoms with Gasteiger partial charge < -0.3 is 0 Å². The van der Waals surface area contributed by atoms with Gasteiger partial charge in [0.1, 0.15) is 0 Å². The largest absolute Gasteiger partial charge is 0.243 e. The van der Waals surface area contributed by atoms with E-state index in [1.807, 2.05) is 13.8 Å². The van der Waals surface area contributed by atoms with Crippen LogP contribution in [0, 0.1) is 5.92 Å². The molecule has 0 amide bonds. The molecule has 0 aromatic heterocycles. The Balaban J connectivity index is 3.40. The molecule has 0 spiro atoms. The van der Waals surface area contributed by atoms with Gasteiger partial charge in [-0.05, 0) is 19.8 Å². The van der Waals surface area contributed by atoms with E-state index in [0.29, 0.717) is 5.92 Å². The highest BCUT2D eigenvalue weighted by atomic mass is 32.2. The quantitative estimate of drug-likeness (QED) is 0.665. The van der Waals surface area contributed by atoms with Gasteiger partial charge in [0.2, 0.25) is 0 Å². The van der Waals surface area contributed by atoms with Crippen LogP contribution < -0.4 is 4.72 Å². The summed E-state index contributed by atoms with van der Waals surface area (Å²) in [6, 6.07) is 0. The van der Waals surface area contributed by atoms with Crippen molar-refractivity contribution in [1.29, 1.82) is 0 Å². The Morgan fingerprint density at radius 1 is 1.30 bits per heavy atom. The summed E-state index contributed by atoms with van der Waals surface area (Å²) < 4.78 is 14.0. The summed E-state index contributed by atoms with van der Waals surface area (Å²) >= 11 is 0. The van der Waals surface area contributed by atoms with E-state index in [4.69, 9.17) is 0 Å². The first-order valence-electron chi connectivity index (χ1n) is 3.68. The predicted molar refractivity (Wildman–Crippen MR) is 46.1 cm³/mol. The summed E-state index contributed by atoms with van der Waals surface area (Å²) in [6.07, 6.45) is 0. The van der Waals surface area contributed by atoms with Crippen molar-refractivity contribution in [3.05, 3.63) is 0 Å². The lowest BCUT2D eigenvalue weighted by atomic mass is 10.2. The average Bonchev–Trinajstić information content (AvgIpc) is 1.82. The molecule has 0 saturated heterocycles. The van der Waals surface area contributed by atoms with Crippen molar-refractivity contribution in [1.82, 2.24) is 4.72 Å². The zero-order valence-corrected chi connectivity index (χ0v) is 7.99. The lowest BCUT2D eigenvalue weighted by Crippen LogP contribution is -2.27. The second-order valence-corrected chi connectivity index (χ2v) is 4.91. The number of hydrogen-bond acceptors (Lipinski definition) is 1.